The maximum absolute atomic E-state index is 12.2. The molecule has 0 fully saturated rings. The van der Waals surface area contributed by atoms with E-state index in [1.807, 2.05) is 51.1 Å². The van der Waals surface area contributed by atoms with E-state index in [4.69, 9.17) is 10.00 Å². The number of ether oxygens (including phenoxy) is 1. The fraction of sp³-hybridized carbons (Fsp3) is 0.467. The Morgan fingerprint density at radius 2 is 1.89 bits per heavy atom. The molecule has 0 spiro atoms. The van der Waals surface area contributed by atoms with Crippen molar-refractivity contribution in [3.8, 4) is 6.07 Å². The van der Waals surface area contributed by atoms with Crippen LogP contribution in [0.4, 0.5) is 0 Å². The van der Waals surface area contributed by atoms with Crippen molar-refractivity contribution < 1.29 is 9.53 Å². The van der Waals surface area contributed by atoms with E-state index in [0.717, 1.165) is 5.56 Å². The van der Waals surface area contributed by atoms with E-state index in [1.54, 1.807) is 0 Å². The number of nitrogens with zero attached hydrogens (tertiary/aromatic N) is 1. The average Bonchev–Trinajstić information content (AvgIpc) is 2.36. The zero-order valence-corrected chi connectivity index (χ0v) is 11.8. The van der Waals surface area contributed by atoms with Crippen molar-refractivity contribution in [3.05, 3.63) is 35.9 Å². The van der Waals surface area contributed by atoms with E-state index in [1.165, 1.54) is 7.11 Å². The molecule has 0 aromatic heterocycles. The maximum atomic E-state index is 12.2. The van der Waals surface area contributed by atoms with Gasteiger partial charge < -0.3 is 10.1 Å². The van der Waals surface area contributed by atoms with Gasteiger partial charge in [-0.1, -0.05) is 51.1 Å². The summed E-state index contributed by atoms with van der Waals surface area (Å²) in [5, 5.41) is 11.9. The highest BCUT2D eigenvalue weighted by atomic mass is 16.5. The third-order valence-electron chi connectivity index (χ3n) is 2.86. The van der Waals surface area contributed by atoms with Crippen LogP contribution in [0.15, 0.2) is 30.3 Å². The van der Waals surface area contributed by atoms with Crippen molar-refractivity contribution in [2.75, 3.05) is 7.11 Å². The summed E-state index contributed by atoms with van der Waals surface area (Å²) >= 11 is 0. The van der Waals surface area contributed by atoms with Gasteiger partial charge >= 0.3 is 0 Å². The van der Waals surface area contributed by atoms with Crippen LogP contribution >= 0.6 is 0 Å². The van der Waals surface area contributed by atoms with Crippen LogP contribution in [0.1, 0.15) is 32.4 Å². The first-order chi connectivity index (χ1) is 8.90. The van der Waals surface area contributed by atoms with Crippen LogP contribution in [0.5, 0.6) is 0 Å². The number of hydrogen-bond acceptors (Lipinski definition) is 3. The van der Waals surface area contributed by atoms with Gasteiger partial charge in [0.2, 0.25) is 0 Å². The molecule has 4 heteroatoms. The highest BCUT2D eigenvalue weighted by Gasteiger charge is 2.29. The highest BCUT2D eigenvalue weighted by molar-refractivity contribution is 5.82. The second kappa shape index (κ2) is 6.35. The summed E-state index contributed by atoms with van der Waals surface area (Å²) in [7, 11) is 1.48. The van der Waals surface area contributed by atoms with Crippen molar-refractivity contribution >= 4 is 5.91 Å². The summed E-state index contributed by atoms with van der Waals surface area (Å²) in [5.74, 6) is -0.296. The van der Waals surface area contributed by atoms with Gasteiger partial charge in [0.1, 0.15) is 6.04 Å². The van der Waals surface area contributed by atoms with Gasteiger partial charge in [-0.3, -0.25) is 4.79 Å². The Labute approximate surface area is 114 Å². The first kappa shape index (κ1) is 15.2. The first-order valence-corrected chi connectivity index (χ1v) is 6.18. The summed E-state index contributed by atoms with van der Waals surface area (Å²) < 4.78 is 5.23. The van der Waals surface area contributed by atoms with Crippen LogP contribution in [0.25, 0.3) is 0 Å². The zero-order chi connectivity index (χ0) is 14.5. The van der Waals surface area contributed by atoms with E-state index >= 15 is 0 Å². The Kier molecular flexibility index (Phi) is 5.08. The van der Waals surface area contributed by atoms with Crippen LogP contribution in [-0.2, 0) is 9.53 Å². The molecule has 0 aliphatic heterocycles. The molecule has 0 aliphatic rings. The standard InChI is InChI=1S/C15H20N2O2/c1-15(2,3)12(10-16)17-14(18)13(19-4)11-8-6-5-7-9-11/h5-9,12-13H,1-4H3,(H,17,18)/t12-,13+/m1/s1. The molecule has 1 aromatic rings. The summed E-state index contributed by atoms with van der Waals surface area (Å²) in [6.07, 6.45) is -0.695. The summed E-state index contributed by atoms with van der Waals surface area (Å²) in [4.78, 5) is 12.2. The summed E-state index contributed by atoms with van der Waals surface area (Å²) in [6, 6.07) is 10.8. The van der Waals surface area contributed by atoms with Gasteiger partial charge in [0.15, 0.2) is 6.10 Å². The van der Waals surface area contributed by atoms with Crippen LogP contribution < -0.4 is 5.32 Å². The first-order valence-electron chi connectivity index (χ1n) is 6.18. The second-order valence-electron chi connectivity index (χ2n) is 5.46. The van der Waals surface area contributed by atoms with Crippen molar-refractivity contribution in [3.63, 3.8) is 0 Å². The number of hydrogen-bond donors (Lipinski definition) is 1. The molecule has 1 aromatic carbocycles. The van der Waals surface area contributed by atoms with Crippen LogP contribution in [0.2, 0.25) is 0 Å². The lowest BCUT2D eigenvalue weighted by Gasteiger charge is -2.27. The molecule has 0 bridgehead atoms. The van der Waals surface area contributed by atoms with Crippen molar-refractivity contribution in [2.45, 2.75) is 32.9 Å². The van der Waals surface area contributed by atoms with Crippen molar-refractivity contribution in [1.29, 1.82) is 5.26 Å². The largest absolute Gasteiger partial charge is 0.367 e. The number of amides is 1. The Balaban J connectivity index is 2.84. The van der Waals surface area contributed by atoms with Gasteiger partial charge in [0.25, 0.3) is 5.91 Å². The maximum Gasteiger partial charge on any atom is 0.254 e. The van der Waals surface area contributed by atoms with Gasteiger partial charge in [-0.05, 0) is 11.0 Å². The highest BCUT2D eigenvalue weighted by Crippen LogP contribution is 2.21. The van der Waals surface area contributed by atoms with E-state index in [9.17, 15) is 4.79 Å². The number of benzene rings is 1. The molecule has 0 unspecified atom stereocenters. The third kappa shape index (κ3) is 4.08. The predicted octanol–water partition coefficient (Wildman–Crippen LogP) is 2.43. The monoisotopic (exact) mass is 260 g/mol. The van der Waals surface area contributed by atoms with Crippen molar-refractivity contribution in [1.82, 2.24) is 5.32 Å². The third-order valence-corrected chi connectivity index (χ3v) is 2.86. The fourth-order valence-electron chi connectivity index (χ4n) is 1.68. The van der Waals surface area contributed by atoms with E-state index < -0.39 is 12.1 Å². The Hall–Kier alpha value is -1.86. The lowest BCUT2D eigenvalue weighted by atomic mass is 9.87. The molecule has 0 heterocycles. The molecule has 1 N–H and O–H groups in total. The predicted molar refractivity (Wildman–Crippen MR) is 73.2 cm³/mol. The summed E-state index contributed by atoms with van der Waals surface area (Å²) in [5.41, 5.74) is 0.451. The fourth-order valence-corrected chi connectivity index (χ4v) is 1.68. The van der Waals surface area contributed by atoms with Gasteiger partial charge in [0.05, 0.1) is 6.07 Å². The average molecular weight is 260 g/mol. The summed E-state index contributed by atoms with van der Waals surface area (Å²) in [6.45, 7) is 5.72. The zero-order valence-electron chi connectivity index (χ0n) is 11.8. The van der Waals surface area contributed by atoms with Gasteiger partial charge in [-0.15, -0.1) is 0 Å². The molecule has 2 atom stereocenters. The molecular weight excluding hydrogens is 240 g/mol. The van der Waals surface area contributed by atoms with E-state index in [0.29, 0.717) is 0 Å². The quantitative estimate of drug-likeness (QED) is 0.904. The molecule has 1 rings (SSSR count). The SMILES string of the molecule is CO[C@H](C(=O)N[C@H](C#N)C(C)(C)C)c1ccccc1. The number of rotatable bonds is 4. The van der Waals surface area contributed by atoms with E-state index in [-0.39, 0.29) is 11.3 Å². The minimum atomic E-state index is -0.695. The second-order valence-corrected chi connectivity index (χ2v) is 5.46. The van der Waals surface area contributed by atoms with Gasteiger partial charge in [0, 0.05) is 7.11 Å². The molecule has 19 heavy (non-hydrogen) atoms. The topological polar surface area (TPSA) is 62.1 Å². The van der Waals surface area contributed by atoms with Crippen LogP contribution in [0.3, 0.4) is 0 Å². The molecule has 0 saturated carbocycles. The molecule has 0 saturated heterocycles. The Morgan fingerprint density at radius 3 is 2.32 bits per heavy atom. The number of carbonyl (C=O) groups is 1. The van der Waals surface area contributed by atoms with Gasteiger partial charge in [-0.25, -0.2) is 0 Å². The van der Waals surface area contributed by atoms with Crippen molar-refractivity contribution in [2.24, 2.45) is 5.41 Å². The lowest BCUT2D eigenvalue weighted by Crippen LogP contribution is -2.44. The molecule has 0 aliphatic carbocycles. The van der Waals surface area contributed by atoms with E-state index in [2.05, 4.69) is 11.4 Å². The normalized spacial score (nSPS) is 14.3. The number of nitriles is 1. The minimum absolute atomic E-state index is 0.296. The van der Waals surface area contributed by atoms with Crippen LogP contribution in [-0.4, -0.2) is 19.1 Å². The number of nitrogens with one attached hydrogen (secondary N) is 1. The molecule has 1 amide bonds. The Bertz CT molecular complexity index is 457. The molecular formula is C15H20N2O2. The number of carbonyl (C=O) groups excluding carboxylic acids is 1. The van der Waals surface area contributed by atoms with Crippen LogP contribution in [0, 0.1) is 16.7 Å². The molecule has 4 nitrogen and oxygen atoms in total. The molecule has 0 radical (unpaired) electrons. The smallest absolute Gasteiger partial charge is 0.254 e. The lowest BCUT2D eigenvalue weighted by molar-refractivity contribution is -0.132. The van der Waals surface area contributed by atoms with Gasteiger partial charge in [-0.2, -0.15) is 5.26 Å². The number of methoxy groups -OCH3 is 1. The minimum Gasteiger partial charge on any atom is -0.367 e. The Morgan fingerprint density at radius 1 is 1.32 bits per heavy atom. The molecule has 102 valence electrons.